The molecule has 0 fully saturated rings. The predicted molar refractivity (Wildman–Crippen MR) is 70.7 cm³/mol. The molecule has 6 nitrogen and oxygen atoms in total. The van der Waals surface area contributed by atoms with E-state index in [0.29, 0.717) is 5.56 Å². The fraction of sp³-hybridized carbons (Fsp3) is 0.357. The Morgan fingerprint density at radius 2 is 2.05 bits per heavy atom. The maximum atomic E-state index is 11.9. The second-order valence-corrected chi connectivity index (χ2v) is 4.53. The van der Waals surface area contributed by atoms with Gasteiger partial charge in [0, 0.05) is 18.4 Å². The highest BCUT2D eigenvalue weighted by atomic mass is 16.6. The molecule has 1 aromatic carbocycles. The largest absolute Gasteiger partial charge is 0.456 e. The molecular formula is C14H15NO5. The van der Waals surface area contributed by atoms with Crippen LogP contribution in [-0.2, 0) is 19.1 Å². The van der Waals surface area contributed by atoms with Crippen LogP contribution in [0.2, 0.25) is 0 Å². The van der Waals surface area contributed by atoms with Crippen molar-refractivity contribution in [1.29, 1.82) is 0 Å². The fourth-order valence-corrected chi connectivity index (χ4v) is 1.98. The van der Waals surface area contributed by atoms with Crippen LogP contribution in [0.3, 0.4) is 0 Å². The number of Topliss-reactive ketones (excluding diaryl/α,β-unsaturated/α-hetero) is 1. The smallest absolute Gasteiger partial charge is 0.332 e. The third-order valence-electron chi connectivity index (χ3n) is 3.12. The molecule has 1 aromatic rings. The summed E-state index contributed by atoms with van der Waals surface area (Å²) >= 11 is 0. The first-order chi connectivity index (χ1) is 9.52. The molecule has 0 saturated heterocycles. The number of methoxy groups -OCH3 is 1. The molecule has 1 heterocycles. The number of benzene rings is 1. The van der Waals surface area contributed by atoms with Gasteiger partial charge in [-0.2, -0.15) is 0 Å². The predicted octanol–water partition coefficient (Wildman–Crippen LogP) is 1.11. The number of carbonyl (C=O) groups is 3. The van der Waals surface area contributed by atoms with Gasteiger partial charge in [-0.05, 0) is 30.7 Å². The first-order valence-electron chi connectivity index (χ1n) is 6.15. The van der Waals surface area contributed by atoms with Crippen molar-refractivity contribution < 1.29 is 23.9 Å². The summed E-state index contributed by atoms with van der Waals surface area (Å²) in [6.07, 6.45) is 0. The molecule has 0 saturated carbocycles. The number of rotatable bonds is 5. The van der Waals surface area contributed by atoms with Crippen LogP contribution in [0.1, 0.15) is 28.8 Å². The topological polar surface area (TPSA) is 81.7 Å². The molecule has 106 valence electrons. The molecule has 0 bridgehead atoms. The Morgan fingerprint density at radius 1 is 1.30 bits per heavy atom. The van der Waals surface area contributed by atoms with E-state index >= 15 is 0 Å². The van der Waals surface area contributed by atoms with Crippen molar-refractivity contribution in [2.24, 2.45) is 0 Å². The van der Waals surface area contributed by atoms with Crippen LogP contribution < -0.4 is 5.32 Å². The summed E-state index contributed by atoms with van der Waals surface area (Å²) in [4.78, 5) is 34.5. The molecule has 1 aliphatic heterocycles. The Balaban J connectivity index is 2.05. The van der Waals surface area contributed by atoms with Crippen LogP contribution in [0.15, 0.2) is 18.2 Å². The van der Waals surface area contributed by atoms with Crippen molar-refractivity contribution in [2.75, 3.05) is 25.6 Å². The summed E-state index contributed by atoms with van der Waals surface area (Å²) in [5, 5.41) is 2.73. The molecule has 2 rings (SSSR count). The van der Waals surface area contributed by atoms with E-state index in [0.717, 1.165) is 11.3 Å². The van der Waals surface area contributed by atoms with Gasteiger partial charge < -0.3 is 14.8 Å². The van der Waals surface area contributed by atoms with Gasteiger partial charge in [0.05, 0.1) is 5.92 Å². The maximum Gasteiger partial charge on any atom is 0.332 e. The zero-order valence-corrected chi connectivity index (χ0v) is 11.3. The minimum absolute atomic E-state index is 0.0869. The molecule has 1 atom stereocenters. The fourth-order valence-electron chi connectivity index (χ4n) is 1.98. The van der Waals surface area contributed by atoms with E-state index in [1.54, 1.807) is 25.1 Å². The maximum absolute atomic E-state index is 11.9. The normalized spacial score (nSPS) is 16.5. The summed E-state index contributed by atoms with van der Waals surface area (Å²) < 4.78 is 9.37. The second-order valence-electron chi connectivity index (χ2n) is 4.53. The van der Waals surface area contributed by atoms with Gasteiger partial charge in [-0.15, -0.1) is 0 Å². The van der Waals surface area contributed by atoms with Crippen molar-refractivity contribution in [3.05, 3.63) is 29.3 Å². The van der Waals surface area contributed by atoms with Crippen molar-refractivity contribution in [1.82, 2.24) is 0 Å². The number of nitrogens with one attached hydrogen (secondary N) is 1. The van der Waals surface area contributed by atoms with Crippen molar-refractivity contribution in [3.63, 3.8) is 0 Å². The van der Waals surface area contributed by atoms with Gasteiger partial charge in [0.25, 0.3) is 0 Å². The molecule has 20 heavy (non-hydrogen) atoms. The first kappa shape index (κ1) is 14.2. The Labute approximate surface area is 116 Å². The highest BCUT2D eigenvalue weighted by Crippen LogP contribution is 2.32. The van der Waals surface area contributed by atoms with Gasteiger partial charge in [0.1, 0.15) is 6.61 Å². The van der Waals surface area contributed by atoms with Crippen LogP contribution in [0.4, 0.5) is 5.69 Å². The zero-order chi connectivity index (χ0) is 14.7. The number of esters is 1. The molecule has 0 radical (unpaired) electrons. The van der Waals surface area contributed by atoms with Crippen LogP contribution in [0, 0.1) is 0 Å². The van der Waals surface area contributed by atoms with E-state index in [4.69, 9.17) is 4.74 Å². The Bertz CT molecular complexity index is 567. The lowest BCUT2D eigenvalue weighted by Crippen LogP contribution is -2.17. The Hall–Kier alpha value is -2.21. The van der Waals surface area contributed by atoms with Gasteiger partial charge >= 0.3 is 5.97 Å². The number of ether oxygens (including phenoxy) is 2. The van der Waals surface area contributed by atoms with Crippen molar-refractivity contribution >= 4 is 23.3 Å². The lowest BCUT2D eigenvalue weighted by molar-refractivity contribution is -0.146. The van der Waals surface area contributed by atoms with Crippen LogP contribution in [0.5, 0.6) is 0 Å². The third kappa shape index (κ3) is 2.85. The quantitative estimate of drug-likeness (QED) is 0.644. The molecular weight excluding hydrogens is 262 g/mol. The monoisotopic (exact) mass is 277 g/mol. The van der Waals surface area contributed by atoms with Gasteiger partial charge in [0.2, 0.25) is 5.91 Å². The van der Waals surface area contributed by atoms with Crippen molar-refractivity contribution in [2.45, 2.75) is 12.8 Å². The molecule has 1 amide bonds. The number of amides is 1. The molecule has 6 heteroatoms. The molecule has 0 aliphatic carbocycles. The van der Waals surface area contributed by atoms with E-state index in [1.165, 1.54) is 7.11 Å². The van der Waals surface area contributed by atoms with Crippen LogP contribution >= 0.6 is 0 Å². The van der Waals surface area contributed by atoms with Gasteiger partial charge in [-0.1, -0.05) is 0 Å². The minimum atomic E-state index is -0.591. The minimum Gasteiger partial charge on any atom is -0.456 e. The second kappa shape index (κ2) is 5.83. The average molecular weight is 277 g/mol. The lowest BCUT2D eigenvalue weighted by Gasteiger charge is -2.06. The molecule has 1 N–H and O–H groups in total. The summed E-state index contributed by atoms with van der Waals surface area (Å²) in [5.41, 5.74) is 1.91. The number of hydrogen-bond acceptors (Lipinski definition) is 5. The number of anilines is 1. The Morgan fingerprint density at radius 3 is 2.75 bits per heavy atom. The number of hydrogen-bond donors (Lipinski definition) is 1. The standard InChI is InChI=1S/C14H15NO5/c1-8-10-5-9(3-4-11(10)15-14(8)18)12(16)6-20-13(17)7-19-2/h3-5,8H,6-7H2,1-2H3,(H,15,18)/t8-/m1/s1. The summed E-state index contributed by atoms with van der Waals surface area (Å²) in [7, 11) is 1.37. The first-order valence-corrected chi connectivity index (χ1v) is 6.15. The summed E-state index contributed by atoms with van der Waals surface area (Å²) in [5.74, 6) is -1.28. The molecule has 0 aromatic heterocycles. The SMILES string of the molecule is COCC(=O)OCC(=O)c1ccc2c(c1)[C@@H](C)C(=O)N2. The van der Waals surface area contributed by atoms with E-state index in [-0.39, 0.29) is 30.8 Å². The van der Waals surface area contributed by atoms with Gasteiger partial charge in [-0.3, -0.25) is 9.59 Å². The number of ketones is 1. The zero-order valence-electron chi connectivity index (χ0n) is 11.3. The highest BCUT2D eigenvalue weighted by molar-refractivity contribution is 6.05. The van der Waals surface area contributed by atoms with E-state index in [9.17, 15) is 14.4 Å². The molecule has 0 unspecified atom stereocenters. The van der Waals surface area contributed by atoms with E-state index in [2.05, 4.69) is 10.1 Å². The van der Waals surface area contributed by atoms with E-state index in [1.807, 2.05) is 0 Å². The average Bonchev–Trinajstić information content (AvgIpc) is 2.71. The van der Waals surface area contributed by atoms with Crippen molar-refractivity contribution in [3.8, 4) is 0 Å². The van der Waals surface area contributed by atoms with Crippen LogP contribution in [-0.4, -0.2) is 38.0 Å². The van der Waals surface area contributed by atoms with Gasteiger partial charge in [0.15, 0.2) is 12.4 Å². The van der Waals surface area contributed by atoms with E-state index < -0.39 is 5.97 Å². The lowest BCUT2D eigenvalue weighted by atomic mass is 9.99. The van der Waals surface area contributed by atoms with Crippen LogP contribution in [0.25, 0.3) is 0 Å². The number of carbonyl (C=O) groups excluding carboxylic acids is 3. The molecule has 0 spiro atoms. The summed E-state index contributed by atoms with van der Waals surface area (Å²) in [6, 6.07) is 4.94. The third-order valence-corrected chi connectivity index (χ3v) is 3.12. The Kier molecular flexibility index (Phi) is 4.14. The summed E-state index contributed by atoms with van der Waals surface area (Å²) in [6.45, 7) is 1.25. The molecule has 1 aliphatic rings. The number of fused-ring (bicyclic) bond motifs is 1. The van der Waals surface area contributed by atoms with Gasteiger partial charge in [-0.25, -0.2) is 4.79 Å². The highest BCUT2D eigenvalue weighted by Gasteiger charge is 2.27.